The van der Waals surface area contributed by atoms with Gasteiger partial charge in [0.2, 0.25) is 0 Å². The molecule has 0 unspecified atom stereocenters. The second-order valence-electron chi connectivity index (χ2n) is 6.96. The molecule has 9 heteroatoms. The lowest BCUT2D eigenvalue weighted by atomic mass is 9.81. The zero-order valence-corrected chi connectivity index (χ0v) is 14.5. The molecule has 2 atom stereocenters. The number of amides is 1. The Balaban J connectivity index is 1.60. The minimum absolute atomic E-state index is 0.0300. The van der Waals surface area contributed by atoms with Gasteiger partial charge in [0, 0.05) is 13.1 Å². The maximum absolute atomic E-state index is 12.4. The van der Waals surface area contributed by atoms with E-state index in [9.17, 15) is 27.9 Å². The van der Waals surface area contributed by atoms with E-state index >= 15 is 0 Å². The van der Waals surface area contributed by atoms with Gasteiger partial charge in [-0.05, 0) is 30.9 Å². The normalized spacial score (nSPS) is 24.6. The van der Waals surface area contributed by atoms with Crippen LogP contribution in [0.25, 0.3) is 0 Å². The predicted octanol–water partition coefficient (Wildman–Crippen LogP) is 2.72. The minimum atomic E-state index is -4.48. The van der Waals surface area contributed by atoms with Crippen LogP contribution in [0, 0.1) is 11.3 Å². The third kappa shape index (κ3) is 4.12. The van der Waals surface area contributed by atoms with Crippen LogP contribution in [0.4, 0.5) is 13.2 Å². The molecule has 0 aromatic heterocycles. The van der Waals surface area contributed by atoms with Crippen LogP contribution in [0.1, 0.15) is 19.3 Å². The third-order valence-corrected chi connectivity index (χ3v) is 5.24. The van der Waals surface area contributed by atoms with E-state index in [2.05, 4.69) is 0 Å². The minimum Gasteiger partial charge on any atom is -0.481 e. The van der Waals surface area contributed by atoms with Crippen molar-refractivity contribution in [3.8, 4) is 11.5 Å². The van der Waals surface area contributed by atoms with E-state index in [1.807, 2.05) is 0 Å². The van der Waals surface area contributed by atoms with Gasteiger partial charge in [0.25, 0.3) is 5.91 Å². The van der Waals surface area contributed by atoms with Crippen LogP contribution in [-0.4, -0.2) is 54.4 Å². The van der Waals surface area contributed by atoms with E-state index in [1.165, 1.54) is 23.1 Å². The number of nitrogens with zero attached hydrogens (tertiary/aromatic N) is 1. The van der Waals surface area contributed by atoms with E-state index in [1.54, 1.807) is 6.07 Å². The van der Waals surface area contributed by atoms with Crippen LogP contribution >= 0.6 is 0 Å². The van der Waals surface area contributed by atoms with Gasteiger partial charge in [0.1, 0.15) is 0 Å². The number of rotatable bonds is 6. The van der Waals surface area contributed by atoms with E-state index in [-0.39, 0.29) is 24.0 Å². The van der Waals surface area contributed by atoms with Gasteiger partial charge in [0.15, 0.2) is 24.7 Å². The third-order valence-electron chi connectivity index (χ3n) is 5.24. The maximum Gasteiger partial charge on any atom is 0.422 e. The van der Waals surface area contributed by atoms with Crippen molar-refractivity contribution in [2.24, 2.45) is 11.3 Å². The number of benzene rings is 1. The lowest BCUT2D eigenvalue weighted by molar-refractivity contribution is -0.154. The number of carbonyl (C=O) groups is 2. The highest BCUT2D eigenvalue weighted by Gasteiger charge is 2.55. The summed E-state index contributed by atoms with van der Waals surface area (Å²) in [5.41, 5.74) is -0.886. The van der Waals surface area contributed by atoms with Gasteiger partial charge in [-0.15, -0.1) is 0 Å². The molecule has 1 heterocycles. The lowest BCUT2D eigenvalue weighted by Crippen LogP contribution is -2.38. The number of fused-ring (bicyclic) bond motifs is 1. The van der Waals surface area contributed by atoms with Gasteiger partial charge in [0.05, 0.1) is 5.41 Å². The summed E-state index contributed by atoms with van der Waals surface area (Å²) in [4.78, 5) is 25.6. The number of aliphatic carboxylic acids is 1. The highest BCUT2D eigenvalue weighted by Crippen LogP contribution is 2.48. The van der Waals surface area contributed by atoms with Crippen LogP contribution in [-0.2, 0) is 9.59 Å². The van der Waals surface area contributed by atoms with Gasteiger partial charge in [-0.25, -0.2) is 0 Å². The molecule has 0 radical (unpaired) electrons. The summed E-state index contributed by atoms with van der Waals surface area (Å²) in [6.45, 7) is -1.35. The van der Waals surface area contributed by atoms with E-state index in [4.69, 9.17) is 9.47 Å². The Morgan fingerprint density at radius 1 is 1.22 bits per heavy atom. The smallest absolute Gasteiger partial charge is 0.422 e. The second-order valence-corrected chi connectivity index (χ2v) is 6.96. The van der Waals surface area contributed by atoms with Crippen LogP contribution in [0.2, 0.25) is 0 Å². The zero-order chi connectivity index (χ0) is 19.7. The topological polar surface area (TPSA) is 76.1 Å². The van der Waals surface area contributed by atoms with E-state index < -0.39 is 36.7 Å². The Morgan fingerprint density at radius 2 is 1.89 bits per heavy atom. The van der Waals surface area contributed by atoms with Crippen molar-refractivity contribution in [3.05, 3.63) is 24.3 Å². The number of para-hydroxylation sites is 2. The van der Waals surface area contributed by atoms with Crippen molar-refractivity contribution in [1.82, 2.24) is 4.90 Å². The molecule has 2 aliphatic rings. The van der Waals surface area contributed by atoms with Crippen LogP contribution < -0.4 is 9.47 Å². The lowest BCUT2D eigenvalue weighted by Gasteiger charge is -2.23. The van der Waals surface area contributed by atoms with E-state index in [0.717, 1.165) is 12.8 Å². The summed E-state index contributed by atoms with van der Waals surface area (Å²) in [5.74, 6) is -1.42. The monoisotopic (exact) mass is 387 g/mol. The van der Waals surface area contributed by atoms with Crippen molar-refractivity contribution in [3.63, 3.8) is 0 Å². The highest BCUT2D eigenvalue weighted by molar-refractivity contribution is 5.82. The number of hydrogen-bond acceptors (Lipinski definition) is 4. The fourth-order valence-electron chi connectivity index (χ4n) is 3.91. The molecule has 0 spiro atoms. The molecule has 1 aromatic rings. The Morgan fingerprint density at radius 3 is 2.48 bits per heavy atom. The number of carbonyl (C=O) groups excluding carboxylic acids is 1. The number of ether oxygens (including phenoxy) is 2. The average Bonchev–Trinajstić information content (AvgIpc) is 3.16. The van der Waals surface area contributed by atoms with Crippen molar-refractivity contribution in [1.29, 1.82) is 0 Å². The highest BCUT2D eigenvalue weighted by atomic mass is 19.4. The first-order valence-electron chi connectivity index (χ1n) is 8.64. The molecule has 27 heavy (non-hydrogen) atoms. The zero-order valence-electron chi connectivity index (χ0n) is 14.5. The number of likely N-dealkylation sites (tertiary alicyclic amines) is 1. The summed E-state index contributed by atoms with van der Waals surface area (Å²) < 4.78 is 47.1. The fraction of sp³-hybridized carbons (Fsp3) is 0.556. The summed E-state index contributed by atoms with van der Waals surface area (Å²) in [7, 11) is 0. The van der Waals surface area contributed by atoms with Crippen molar-refractivity contribution >= 4 is 11.9 Å². The molecule has 1 aliphatic heterocycles. The molecule has 6 nitrogen and oxygen atoms in total. The average molecular weight is 387 g/mol. The molecule has 148 valence electrons. The fourth-order valence-corrected chi connectivity index (χ4v) is 3.91. The summed E-state index contributed by atoms with van der Waals surface area (Å²) in [6, 6.07) is 5.79. The molecule has 0 bridgehead atoms. The molecule has 1 saturated heterocycles. The predicted molar refractivity (Wildman–Crippen MR) is 87.5 cm³/mol. The standard InChI is InChI=1S/C18H20F3NO5/c19-18(20,21)11-27-14-6-2-1-5-13(14)26-9-15(23)22-8-12-4-3-7-17(12,10-22)16(24)25/h1-2,5-6,12H,3-4,7-11H2,(H,24,25)/t12-,17+/m0/s1. The summed E-state index contributed by atoms with van der Waals surface area (Å²) in [6.07, 6.45) is -2.34. The molecular weight excluding hydrogens is 367 g/mol. The molecule has 1 aliphatic carbocycles. The van der Waals surface area contributed by atoms with Crippen molar-refractivity contribution < 1.29 is 37.3 Å². The first-order chi connectivity index (χ1) is 12.7. The Hall–Kier alpha value is -2.45. The van der Waals surface area contributed by atoms with E-state index in [0.29, 0.717) is 13.0 Å². The number of carboxylic acids is 1. The van der Waals surface area contributed by atoms with Gasteiger partial charge in [-0.2, -0.15) is 13.2 Å². The number of carboxylic acid groups (broad SMARTS) is 1. The van der Waals surface area contributed by atoms with Gasteiger partial charge in [-0.3, -0.25) is 9.59 Å². The first kappa shape index (κ1) is 19.3. The van der Waals surface area contributed by atoms with Crippen molar-refractivity contribution in [2.75, 3.05) is 26.3 Å². The van der Waals surface area contributed by atoms with Crippen LogP contribution in [0.5, 0.6) is 11.5 Å². The second kappa shape index (κ2) is 7.28. The summed E-state index contributed by atoms with van der Waals surface area (Å²) >= 11 is 0. The number of hydrogen-bond donors (Lipinski definition) is 1. The maximum atomic E-state index is 12.4. The molecule has 1 amide bonds. The molecule has 1 aromatic carbocycles. The Bertz CT molecular complexity index is 723. The van der Waals surface area contributed by atoms with Gasteiger partial charge in [-0.1, -0.05) is 18.6 Å². The quantitative estimate of drug-likeness (QED) is 0.812. The van der Waals surface area contributed by atoms with Crippen LogP contribution in [0.15, 0.2) is 24.3 Å². The molecule has 1 N–H and O–H groups in total. The molecule has 1 saturated carbocycles. The Kier molecular flexibility index (Phi) is 5.21. The SMILES string of the molecule is O=C(COc1ccccc1OCC(F)(F)F)N1C[C@@H]2CCC[C@@]2(C(=O)O)C1. The molecule has 2 fully saturated rings. The van der Waals surface area contributed by atoms with Gasteiger partial charge < -0.3 is 19.5 Å². The van der Waals surface area contributed by atoms with Crippen molar-refractivity contribution in [2.45, 2.75) is 25.4 Å². The molecule has 3 rings (SSSR count). The number of halogens is 3. The Labute approximate surface area is 153 Å². The van der Waals surface area contributed by atoms with Crippen LogP contribution in [0.3, 0.4) is 0 Å². The number of alkyl halides is 3. The largest absolute Gasteiger partial charge is 0.481 e. The molecular formula is C18H20F3NO5. The first-order valence-corrected chi connectivity index (χ1v) is 8.64. The van der Waals surface area contributed by atoms with Gasteiger partial charge >= 0.3 is 12.1 Å². The summed E-state index contributed by atoms with van der Waals surface area (Å²) in [5, 5.41) is 9.57.